The van der Waals surface area contributed by atoms with Gasteiger partial charge in [0.25, 0.3) is 5.91 Å². The number of hydrogen-bond donors (Lipinski definition) is 0. The molecule has 0 aromatic carbocycles. The van der Waals surface area contributed by atoms with Crippen molar-refractivity contribution >= 4 is 17.2 Å². The van der Waals surface area contributed by atoms with Crippen molar-refractivity contribution in [3.05, 3.63) is 28.5 Å². The van der Waals surface area contributed by atoms with Crippen LogP contribution in [-0.2, 0) is 4.74 Å². The van der Waals surface area contributed by atoms with E-state index in [1.165, 1.54) is 11.3 Å². The molecule has 0 spiro atoms. The van der Waals surface area contributed by atoms with Crippen molar-refractivity contribution in [2.45, 2.75) is 45.3 Å². The van der Waals surface area contributed by atoms with Crippen LogP contribution >= 0.6 is 11.3 Å². The summed E-state index contributed by atoms with van der Waals surface area (Å²) in [5.41, 5.74) is 0.782. The zero-order valence-corrected chi connectivity index (χ0v) is 14.2. The molecule has 23 heavy (non-hydrogen) atoms. The van der Waals surface area contributed by atoms with Crippen LogP contribution in [0.1, 0.15) is 40.4 Å². The van der Waals surface area contributed by atoms with E-state index >= 15 is 0 Å². The number of carbonyl (C=O) groups is 1. The van der Waals surface area contributed by atoms with Gasteiger partial charge in [-0.2, -0.15) is 0 Å². The number of aryl methyl sites for hydroxylation is 2. The van der Waals surface area contributed by atoms with E-state index < -0.39 is 0 Å². The maximum atomic E-state index is 13.0. The third kappa shape index (κ3) is 2.60. The molecule has 2 fully saturated rings. The number of aromatic nitrogens is 1. The highest BCUT2D eigenvalue weighted by Gasteiger charge is 2.39. The smallest absolute Gasteiger partial charge is 0.266 e. The van der Waals surface area contributed by atoms with Gasteiger partial charge in [0.2, 0.25) is 0 Å². The minimum absolute atomic E-state index is 0.0923. The van der Waals surface area contributed by atoms with Crippen LogP contribution in [0.4, 0.5) is 0 Å². The average molecular weight is 332 g/mol. The number of fused-ring (bicyclic) bond motifs is 1. The van der Waals surface area contributed by atoms with E-state index in [1.807, 2.05) is 30.9 Å². The van der Waals surface area contributed by atoms with Crippen molar-refractivity contribution in [3.8, 4) is 10.8 Å². The van der Waals surface area contributed by atoms with Crippen LogP contribution < -0.4 is 0 Å². The second-order valence-electron chi connectivity index (χ2n) is 6.25. The van der Waals surface area contributed by atoms with Gasteiger partial charge in [-0.15, -0.1) is 11.3 Å². The fourth-order valence-electron chi connectivity index (χ4n) is 3.56. The van der Waals surface area contributed by atoms with Gasteiger partial charge in [-0.25, -0.2) is 4.98 Å². The summed E-state index contributed by atoms with van der Waals surface area (Å²) in [7, 11) is 0. The zero-order chi connectivity index (χ0) is 16.0. The predicted molar refractivity (Wildman–Crippen MR) is 87.7 cm³/mol. The van der Waals surface area contributed by atoms with Crippen LogP contribution in [0.2, 0.25) is 0 Å². The lowest BCUT2D eigenvalue weighted by molar-refractivity contribution is -0.0444. The summed E-state index contributed by atoms with van der Waals surface area (Å²) in [4.78, 5) is 20.3. The van der Waals surface area contributed by atoms with E-state index in [4.69, 9.17) is 9.15 Å². The summed E-state index contributed by atoms with van der Waals surface area (Å²) < 4.78 is 11.4. The Hall–Kier alpha value is -1.66. The highest BCUT2D eigenvalue weighted by atomic mass is 32.1. The summed E-state index contributed by atoms with van der Waals surface area (Å²) in [5.74, 6) is 1.67. The Kier molecular flexibility index (Phi) is 3.73. The molecule has 122 valence electrons. The van der Waals surface area contributed by atoms with E-state index in [1.54, 1.807) is 0 Å². The molecule has 2 aromatic heterocycles. The van der Waals surface area contributed by atoms with Gasteiger partial charge >= 0.3 is 0 Å². The van der Waals surface area contributed by atoms with Gasteiger partial charge < -0.3 is 14.1 Å². The monoisotopic (exact) mass is 332 g/mol. The van der Waals surface area contributed by atoms with Gasteiger partial charge in [-0.05, 0) is 45.2 Å². The molecule has 0 radical (unpaired) electrons. The molecule has 6 heteroatoms. The van der Waals surface area contributed by atoms with Crippen LogP contribution in [0.3, 0.4) is 0 Å². The first-order chi connectivity index (χ1) is 11.1. The Balaban J connectivity index is 1.62. The molecule has 0 bridgehead atoms. The first kappa shape index (κ1) is 14.9. The molecule has 4 rings (SSSR count). The van der Waals surface area contributed by atoms with Gasteiger partial charge in [0.15, 0.2) is 10.8 Å². The van der Waals surface area contributed by atoms with Crippen LogP contribution in [-0.4, -0.2) is 41.1 Å². The van der Waals surface area contributed by atoms with Crippen LogP contribution in [0.15, 0.2) is 16.5 Å². The third-order valence-corrected chi connectivity index (χ3v) is 5.84. The fourth-order valence-corrected chi connectivity index (χ4v) is 4.54. The predicted octanol–water partition coefficient (Wildman–Crippen LogP) is 3.41. The molecule has 2 aromatic rings. The van der Waals surface area contributed by atoms with Crippen LogP contribution in [0.25, 0.3) is 10.8 Å². The Morgan fingerprint density at radius 3 is 3.00 bits per heavy atom. The minimum atomic E-state index is 0.0923. The number of hydrogen-bond acceptors (Lipinski definition) is 5. The average Bonchev–Trinajstić information content (AvgIpc) is 3.25. The Morgan fingerprint density at radius 1 is 1.35 bits per heavy atom. The molecule has 1 aliphatic carbocycles. The fraction of sp³-hybridized carbons (Fsp3) is 0.529. The van der Waals surface area contributed by atoms with Crippen LogP contribution in [0.5, 0.6) is 0 Å². The maximum absolute atomic E-state index is 13.0. The molecular weight excluding hydrogens is 312 g/mol. The zero-order valence-electron chi connectivity index (χ0n) is 13.4. The van der Waals surface area contributed by atoms with Gasteiger partial charge in [0, 0.05) is 6.54 Å². The largest absolute Gasteiger partial charge is 0.459 e. The SMILES string of the molecule is Cc1ccc(-c2nc(C)c(C(=O)N3CCOC4CCCC43)s2)o1. The molecule has 2 unspecified atom stereocenters. The van der Waals surface area contributed by atoms with Crippen molar-refractivity contribution in [2.75, 3.05) is 13.2 Å². The third-order valence-electron chi connectivity index (χ3n) is 4.68. The summed E-state index contributed by atoms with van der Waals surface area (Å²) in [6, 6.07) is 4.05. The first-order valence-corrected chi connectivity index (χ1v) is 8.92. The molecule has 1 amide bonds. The summed E-state index contributed by atoms with van der Waals surface area (Å²) in [5, 5.41) is 0.773. The van der Waals surface area contributed by atoms with Gasteiger partial charge in [-0.1, -0.05) is 0 Å². The van der Waals surface area contributed by atoms with Gasteiger partial charge in [0.05, 0.1) is 24.4 Å². The molecule has 1 aliphatic heterocycles. The number of rotatable bonds is 2. The van der Waals surface area contributed by atoms with Gasteiger partial charge in [-0.3, -0.25) is 4.79 Å². The van der Waals surface area contributed by atoms with Crippen molar-refractivity contribution in [3.63, 3.8) is 0 Å². The van der Waals surface area contributed by atoms with E-state index in [-0.39, 0.29) is 18.1 Å². The maximum Gasteiger partial charge on any atom is 0.266 e. The molecule has 0 N–H and O–H groups in total. The molecule has 1 saturated carbocycles. The molecule has 2 atom stereocenters. The number of ether oxygens (including phenoxy) is 1. The first-order valence-electron chi connectivity index (χ1n) is 8.10. The van der Waals surface area contributed by atoms with Crippen molar-refractivity contribution in [1.82, 2.24) is 9.88 Å². The number of furan rings is 1. The highest BCUT2D eigenvalue weighted by Crippen LogP contribution is 2.34. The highest BCUT2D eigenvalue weighted by molar-refractivity contribution is 7.17. The molecular formula is C17H20N2O3S. The molecule has 2 aliphatic rings. The number of nitrogens with zero attached hydrogens (tertiary/aromatic N) is 2. The molecule has 1 saturated heterocycles. The van der Waals surface area contributed by atoms with E-state index in [0.29, 0.717) is 13.2 Å². The normalized spacial score (nSPS) is 24.0. The lowest BCUT2D eigenvalue weighted by atomic mass is 10.1. The standard InChI is InChI=1S/C17H20N2O3S/c1-10-6-7-14(22-10)16-18-11(2)15(23-16)17(20)19-8-9-21-13-5-3-4-12(13)19/h6-7,12-13H,3-5,8-9H2,1-2H3. The second-order valence-corrected chi connectivity index (χ2v) is 7.25. The number of thiazole rings is 1. The van der Waals surface area contributed by atoms with Crippen LogP contribution in [0, 0.1) is 13.8 Å². The van der Waals surface area contributed by atoms with E-state index in [0.717, 1.165) is 46.4 Å². The molecule has 5 nitrogen and oxygen atoms in total. The summed E-state index contributed by atoms with van der Waals surface area (Å²) in [6.07, 6.45) is 3.46. The lowest BCUT2D eigenvalue weighted by Gasteiger charge is -2.37. The Morgan fingerprint density at radius 2 is 2.22 bits per heavy atom. The number of morpholine rings is 1. The van der Waals surface area contributed by atoms with Crippen molar-refractivity contribution in [1.29, 1.82) is 0 Å². The Labute approximate surface area is 139 Å². The Bertz CT molecular complexity index is 736. The number of carbonyl (C=O) groups excluding carboxylic acids is 1. The topological polar surface area (TPSA) is 55.6 Å². The van der Waals surface area contributed by atoms with Crippen molar-refractivity contribution < 1.29 is 13.9 Å². The summed E-state index contributed by atoms with van der Waals surface area (Å²) in [6.45, 7) is 5.11. The minimum Gasteiger partial charge on any atom is -0.459 e. The molecule has 3 heterocycles. The van der Waals surface area contributed by atoms with E-state index in [9.17, 15) is 4.79 Å². The van der Waals surface area contributed by atoms with Gasteiger partial charge in [0.1, 0.15) is 10.6 Å². The quantitative estimate of drug-likeness (QED) is 0.845. The van der Waals surface area contributed by atoms with Crippen molar-refractivity contribution in [2.24, 2.45) is 0 Å². The number of amides is 1. The summed E-state index contributed by atoms with van der Waals surface area (Å²) >= 11 is 1.42. The lowest BCUT2D eigenvalue weighted by Crippen LogP contribution is -2.51. The van der Waals surface area contributed by atoms with E-state index in [2.05, 4.69) is 4.98 Å². The second kappa shape index (κ2) is 5.76.